The van der Waals surface area contributed by atoms with Gasteiger partial charge in [0.15, 0.2) is 0 Å². The minimum atomic E-state index is -0.171. The Hall–Kier alpha value is -0.930. The molecule has 1 aromatic rings. The van der Waals surface area contributed by atoms with Crippen LogP contribution in [0.2, 0.25) is 0 Å². The third-order valence-corrected chi connectivity index (χ3v) is 3.96. The van der Waals surface area contributed by atoms with Crippen LogP contribution >= 0.6 is 0 Å². The van der Waals surface area contributed by atoms with Crippen molar-refractivity contribution in [2.75, 3.05) is 13.2 Å². The SMILES string of the molecule is CC(Cc1ccc(F)cc1)NCCOC1CCCCC1. The van der Waals surface area contributed by atoms with Gasteiger partial charge in [-0.1, -0.05) is 31.4 Å². The molecule has 0 amide bonds. The smallest absolute Gasteiger partial charge is 0.123 e. The highest BCUT2D eigenvalue weighted by Gasteiger charge is 2.13. The highest BCUT2D eigenvalue weighted by atomic mass is 19.1. The number of rotatable bonds is 7. The summed E-state index contributed by atoms with van der Waals surface area (Å²) < 4.78 is 18.7. The van der Waals surface area contributed by atoms with Gasteiger partial charge in [-0.25, -0.2) is 4.39 Å². The van der Waals surface area contributed by atoms with E-state index in [1.807, 2.05) is 12.1 Å². The van der Waals surface area contributed by atoms with Gasteiger partial charge in [0.1, 0.15) is 5.82 Å². The third-order valence-electron chi connectivity index (χ3n) is 3.96. The second-order valence-corrected chi connectivity index (χ2v) is 5.82. The monoisotopic (exact) mass is 279 g/mol. The maximum absolute atomic E-state index is 12.8. The van der Waals surface area contributed by atoms with Gasteiger partial charge in [-0.05, 0) is 43.9 Å². The molecule has 20 heavy (non-hydrogen) atoms. The number of ether oxygens (including phenoxy) is 1. The normalized spacial score (nSPS) is 18.1. The number of halogens is 1. The highest BCUT2D eigenvalue weighted by Crippen LogP contribution is 2.19. The molecule has 0 aromatic heterocycles. The van der Waals surface area contributed by atoms with E-state index in [-0.39, 0.29) is 5.82 Å². The largest absolute Gasteiger partial charge is 0.377 e. The van der Waals surface area contributed by atoms with Gasteiger partial charge in [0, 0.05) is 12.6 Å². The molecule has 2 rings (SSSR count). The molecule has 0 heterocycles. The van der Waals surface area contributed by atoms with Gasteiger partial charge >= 0.3 is 0 Å². The summed E-state index contributed by atoms with van der Waals surface area (Å²) in [6.07, 6.45) is 7.86. The zero-order valence-electron chi connectivity index (χ0n) is 12.4. The van der Waals surface area contributed by atoms with Gasteiger partial charge in [0.2, 0.25) is 0 Å². The first-order valence-corrected chi connectivity index (χ1v) is 7.83. The maximum Gasteiger partial charge on any atom is 0.123 e. The van der Waals surface area contributed by atoms with Crippen molar-refractivity contribution >= 4 is 0 Å². The molecule has 1 aromatic carbocycles. The van der Waals surface area contributed by atoms with Crippen LogP contribution in [-0.4, -0.2) is 25.3 Å². The molecule has 3 heteroatoms. The van der Waals surface area contributed by atoms with Gasteiger partial charge in [-0.2, -0.15) is 0 Å². The second kappa shape index (κ2) is 8.38. The Labute approximate surface area is 121 Å². The molecule has 1 aliphatic carbocycles. The van der Waals surface area contributed by atoms with E-state index in [1.54, 1.807) is 0 Å². The Kier molecular flexibility index (Phi) is 6.48. The third kappa shape index (κ3) is 5.59. The first-order chi connectivity index (χ1) is 9.74. The quantitative estimate of drug-likeness (QED) is 0.769. The summed E-state index contributed by atoms with van der Waals surface area (Å²) >= 11 is 0. The fraction of sp³-hybridized carbons (Fsp3) is 0.647. The van der Waals surface area contributed by atoms with Gasteiger partial charge in [-0.3, -0.25) is 0 Å². The zero-order valence-corrected chi connectivity index (χ0v) is 12.4. The van der Waals surface area contributed by atoms with E-state index in [4.69, 9.17) is 4.74 Å². The minimum absolute atomic E-state index is 0.171. The van der Waals surface area contributed by atoms with Crippen LogP contribution in [0.25, 0.3) is 0 Å². The van der Waals surface area contributed by atoms with Crippen LogP contribution in [0.1, 0.15) is 44.6 Å². The number of nitrogens with one attached hydrogen (secondary N) is 1. The molecule has 1 fully saturated rings. The van der Waals surface area contributed by atoms with E-state index in [1.165, 1.54) is 49.8 Å². The molecule has 1 aliphatic rings. The molecule has 2 nitrogen and oxygen atoms in total. The van der Waals surface area contributed by atoms with E-state index in [0.29, 0.717) is 12.1 Å². The van der Waals surface area contributed by atoms with Crippen LogP contribution < -0.4 is 5.32 Å². The van der Waals surface area contributed by atoms with Gasteiger partial charge in [0.25, 0.3) is 0 Å². The van der Waals surface area contributed by atoms with Crippen molar-refractivity contribution in [1.82, 2.24) is 5.32 Å². The summed E-state index contributed by atoms with van der Waals surface area (Å²) in [5.41, 5.74) is 1.17. The van der Waals surface area contributed by atoms with Crippen LogP contribution in [0.3, 0.4) is 0 Å². The standard InChI is InChI=1S/C17H26FNO/c1-14(13-15-7-9-16(18)10-8-15)19-11-12-20-17-5-3-2-4-6-17/h7-10,14,17,19H,2-6,11-13H2,1H3. The van der Waals surface area contributed by atoms with Crippen molar-refractivity contribution in [2.24, 2.45) is 0 Å². The summed E-state index contributed by atoms with van der Waals surface area (Å²) in [5, 5.41) is 3.47. The predicted octanol–water partition coefficient (Wildman–Crippen LogP) is 3.70. The predicted molar refractivity (Wildman–Crippen MR) is 80.4 cm³/mol. The van der Waals surface area contributed by atoms with Gasteiger partial charge < -0.3 is 10.1 Å². The Morgan fingerprint density at radius 2 is 1.90 bits per heavy atom. The Bertz CT molecular complexity index is 373. The maximum atomic E-state index is 12.8. The second-order valence-electron chi connectivity index (χ2n) is 5.82. The van der Waals surface area contributed by atoms with Crippen LogP contribution in [-0.2, 0) is 11.2 Å². The molecule has 0 bridgehead atoms. The van der Waals surface area contributed by atoms with Crippen molar-refractivity contribution in [1.29, 1.82) is 0 Å². The highest BCUT2D eigenvalue weighted by molar-refractivity contribution is 5.16. The number of hydrogen-bond donors (Lipinski definition) is 1. The van der Waals surface area contributed by atoms with E-state index >= 15 is 0 Å². The molecule has 1 N–H and O–H groups in total. The van der Waals surface area contributed by atoms with Crippen molar-refractivity contribution in [2.45, 2.75) is 57.6 Å². The van der Waals surface area contributed by atoms with Crippen LogP contribution in [0.4, 0.5) is 4.39 Å². The average molecular weight is 279 g/mol. The Morgan fingerprint density at radius 3 is 2.60 bits per heavy atom. The van der Waals surface area contributed by atoms with Crippen molar-refractivity contribution in [3.8, 4) is 0 Å². The molecular formula is C17H26FNO. The molecule has 0 radical (unpaired) electrons. The van der Waals surface area contributed by atoms with E-state index in [2.05, 4.69) is 12.2 Å². The lowest BCUT2D eigenvalue weighted by atomic mass is 9.98. The molecule has 0 aliphatic heterocycles. The summed E-state index contributed by atoms with van der Waals surface area (Å²) in [4.78, 5) is 0. The molecule has 1 saturated carbocycles. The molecular weight excluding hydrogens is 253 g/mol. The van der Waals surface area contributed by atoms with Crippen molar-refractivity contribution < 1.29 is 9.13 Å². The Morgan fingerprint density at radius 1 is 1.20 bits per heavy atom. The molecule has 0 saturated heterocycles. The van der Waals surface area contributed by atoms with E-state index < -0.39 is 0 Å². The molecule has 1 atom stereocenters. The van der Waals surface area contributed by atoms with Crippen LogP contribution in [0.15, 0.2) is 24.3 Å². The fourth-order valence-corrected chi connectivity index (χ4v) is 2.81. The number of benzene rings is 1. The van der Waals surface area contributed by atoms with E-state index in [9.17, 15) is 4.39 Å². The van der Waals surface area contributed by atoms with Crippen LogP contribution in [0, 0.1) is 5.82 Å². The summed E-state index contributed by atoms with van der Waals surface area (Å²) in [6.45, 7) is 3.83. The first-order valence-electron chi connectivity index (χ1n) is 7.83. The average Bonchev–Trinajstić information content (AvgIpc) is 2.47. The summed E-state index contributed by atoms with van der Waals surface area (Å²) in [6, 6.07) is 7.14. The summed E-state index contributed by atoms with van der Waals surface area (Å²) in [5.74, 6) is -0.171. The fourth-order valence-electron chi connectivity index (χ4n) is 2.81. The Balaban J connectivity index is 1.57. The topological polar surface area (TPSA) is 21.3 Å². The first kappa shape index (κ1) is 15.5. The molecule has 112 valence electrons. The van der Waals surface area contributed by atoms with Gasteiger partial charge in [-0.15, -0.1) is 0 Å². The minimum Gasteiger partial charge on any atom is -0.377 e. The van der Waals surface area contributed by atoms with E-state index in [0.717, 1.165) is 19.6 Å². The lowest BCUT2D eigenvalue weighted by Gasteiger charge is -2.22. The summed E-state index contributed by atoms with van der Waals surface area (Å²) in [7, 11) is 0. The molecule has 0 spiro atoms. The van der Waals surface area contributed by atoms with Crippen molar-refractivity contribution in [3.63, 3.8) is 0 Å². The zero-order chi connectivity index (χ0) is 14.2. The lowest BCUT2D eigenvalue weighted by Crippen LogP contribution is -2.32. The lowest BCUT2D eigenvalue weighted by molar-refractivity contribution is 0.0295. The number of hydrogen-bond acceptors (Lipinski definition) is 2. The molecule has 1 unspecified atom stereocenters. The van der Waals surface area contributed by atoms with Crippen molar-refractivity contribution in [3.05, 3.63) is 35.6 Å². The van der Waals surface area contributed by atoms with Gasteiger partial charge in [0.05, 0.1) is 12.7 Å². The van der Waals surface area contributed by atoms with Crippen LogP contribution in [0.5, 0.6) is 0 Å².